The van der Waals surface area contributed by atoms with E-state index in [4.69, 9.17) is 0 Å². The molecule has 2 aromatic rings. The molecule has 0 aromatic heterocycles. The van der Waals surface area contributed by atoms with Gasteiger partial charge >= 0.3 is 6.18 Å². The van der Waals surface area contributed by atoms with E-state index in [9.17, 15) is 22.4 Å². The zero-order valence-electron chi connectivity index (χ0n) is 11.3. The van der Waals surface area contributed by atoms with Gasteiger partial charge in [0.2, 0.25) is 5.91 Å². The Kier molecular flexibility index (Phi) is 3.52. The maximum absolute atomic E-state index is 14.2. The number of carbonyl (C=O) groups is 1. The maximum Gasteiger partial charge on any atom is 0.410 e. The fourth-order valence-electron chi connectivity index (χ4n) is 2.73. The molecule has 0 saturated carbocycles. The van der Waals surface area contributed by atoms with Crippen molar-refractivity contribution >= 4 is 16.7 Å². The molecule has 0 spiro atoms. The van der Waals surface area contributed by atoms with E-state index in [1.165, 1.54) is 12.1 Å². The predicted molar refractivity (Wildman–Crippen MR) is 72.2 cm³/mol. The number of hydrogen-bond donors (Lipinski definition) is 1. The summed E-state index contributed by atoms with van der Waals surface area (Å²) >= 11 is 0. The van der Waals surface area contributed by atoms with Crippen molar-refractivity contribution in [2.24, 2.45) is 0 Å². The van der Waals surface area contributed by atoms with Crippen LogP contribution in [0, 0.1) is 5.82 Å². The Balaban J connectivity index is 2.20. The van der Waals surface area contributed by atoms with Gasteiger partial charge in [0.05, 0.1) is 0 Å². The molecule has 0 aliphatic carbocycles. The molecule has 1 heterocycles. The molecule has 1 fully saturated rings. The van der Waals surface area contributed by atoms with Crippen molar-refractivity contribution in [3.63, 3.8) is 0 Å². The minimum absolute atomic E-state index is 0.0427. The smallest absolute Gasteiger partial charge is 0.288 e. The lowest BCUT2D eigenvalue weighted by molar-refractivity contribution is -0.191. The van der Waals surface area contributed by atoms with Crippen LogP contribution in [-0.4, -0.2) is 23.6 Å². The van der Waals surface area contributed by atoms with Crippen LogP contribution >= 0.6 is 0 Å². The number of rotatable bonds is 2. The number of halogens is 4. The van der Waals surface area contributed by atoms with Crippen molar-refractivity contribution in [1.29, 1.82) is 0 Å². The Morgan fingerprint density at radius 3 is 2.50 bits per heavy atom. The number of alkyl halides is 3. The lowest BCUT2D eigenvalue weighted by Crippen LogP contribution is -2.44. The first kappa shape index (κ1) is 14.8. The maximum atomic E-state index is 14.2. The predicted octanol–water partition coefficient (Wildman–Crippen LogP) is 3.32. The van der Waals surface area contributed by atoms with Gasteiger partial charge < -0.3 is 0 Å². The molecule has 0 radical (unpaired) electrons. The Morgan fingerprint density at radius 1 is 1.14 bits per heavy atom. The molecule has 3 nitrogen and oxygen atoms in total. The Hall–Kier alpha value is -2.15. The van der Waals surface area contributed by atoms with E-state index >= 15 is 0 Å². The number of hydrazine groups is 1. The van der Waals surface area contributed by atoms with Crippen molar-refractivity contribution in [2.45, 2.75) is 18.6 Å². The van der Waals surface area contributed by atoms with Crippen LogP contribution in [0.15, 0.2) is 36.4 Å². The number of benzene rings is 2. The van der Waals surface area contributed by atoms with E-state index in [0.717, 1.165) is 11.1 Å². The van der Waals surface area contributed by atoms with Crippen molar-refractivity contribution in [2.75, 3.05) is 6.54 Å². The van der Waals surface area contributed by atoms with Gasteiger partial charge in [0.1, 0.15) is 5.82 Å². The second-order valence-corrected chi connectivity index (χ2v) is 5.10. The number of nitrogens with one attached hydrogen (secondary N) is 1. The highest BCUT2D eigenvalue weighted by Gasteiger charge is 2.48. The Bertz CT molecular complexity index is 729. The van der Waals surface area contributed by atoms with Gasteiger partial charge in [-0.25, -0.2) is 9.40 Å². The highest BCUT2D eigenvalue weighted by atomic mass is 19.4. The summed E-state index contributed by atoms with van der Waals surface area (Å²) < 4.78 is 54.8. The first-order valence-electron chi connectivity index (χ1n) is 6.68. The molecule has 1 unspecified atom stereocenters. The molecule has 1 amide bonds. The fourth-order valence-corrected chi connectivity index (χ4v) is 2.73. The van der Waals surface area contributed by atoms with E-state index in [1.807, 2.05) is 0 Å². The Labute approximate surface area is 123 Å². The molecule has 1 atom stereocenters. The summed E-state index contributed by atoms with van der Waals surface area (Å²) in [5.74, 6) is -1.45. The van der Waals surface area contributed by atoms with E-state index in [1.54, 1.807) is 18.2 Å². The number of hydrogen-bond acceptors (Lipinski definition) is 2. The lowest BCUT2D eigenvalue weighted by atomic mass is 9.97. The first-order valence-corrected chi connectivity index (χ1v) is 6.68. The number of carbonyl (C=O) groups excluding carboxylic acids is 1. The van der Waals surface area contributed by atoms with Crippen molar-refractivity contribution in [3.05, 3.63) is 47.8 Å². The third-order valence-electron chi connectivity index (χ3n) is 3.66. The minimum atomic E-state index is -4.72. The average molecular weight is 312 g/mol. The number of fused-ring (bicyclic) bond motifs is 1. The van der Waals surface area contributed by atoms with Gasteiger partial charge in [-0.2, -0.15) is 13.2 Å². The number of amides is 1. The van der Waals surface area contributed by atoms with E-state index < -0.39 is 29.5 Å². The quantitative estimate of drug-likeness (QED) is 0.863. The third-order valence-corrected chi connectivity index (χ3v) is 3.66. The summed E-state index contributed by atoms with van der Waals surface area (Å²) in [6, 6.07) is 6.54. The molecule has 1 aliphatic rings. The standard InChI is InChI=1S/C15H12F4N2O/c16-11-6-5-9-3-1-2-4-10(9)13(11)14(15(17,18)19)21-8-7-12(22)20-21/h1-6,14H,7-8H2,(H,20,22). The fraction of sp³-hybridized carbons (Fsp3) is 0.267. The second-order valence-electron chi connectivity index (χ2n) is 5.10. The van der Waals surface area contributed by atoms with E-state index in [2.05, 4.69) is 5.43 Å². The zero-order valence-corrected chi connectivity index (χ0v) is 11.3. The second kappa shape index (κ2) is 5.24. The van der Waals surface area contributed by atoms with Gasteiger partial charge in [-0.1, -0.05) is 30.3 Å². The molecule has 2 aromatic carbocycles. The molecule has 116 valence electrons. The van der Waals surface area contributed by atoms with Gasteiger partial charge in [-0.3, -0.25) is 10.2 Å². The first-order chi connectivity index (χ1) is 10.4. The summed E-state index contributed by atoms with van der Waals surface area (Å²) in [4.78, 5) is 11.3. The molecule has 1 aliphatic heterocycles. The van der Waals surface area contributed by atoms with Gasteiger partial charge in [0, 0.05) is 18.5 Å². The van der Waals surface area contributed by atoms with Crippen LogP contribution in [0.2, 0.25) is 0 Å². The molecule has 22 heavy (non-hydrogen) atoms. The van der Waals surface area contributed by atoms with Crippen LogP contribution in [-0.2, 0) is 4.79 Å². The topological polar surface area (TPSA) is 32.3 Å². The molecule has 3 rings (SSSR count). The molecule has 1 saturated heterocycles. The largest absolute Gasteiger partial charge is 0.410 e. The molecule has 0 bridgehead atoms. The lowest BCUT2D eigenvalue weighted by Gasteiger charge is -2.30. The van der Waals surface area contributed by atoms with Crippen LogP contribution < -0.4 is 5.43 Å². The normalized spacial score (nSPS) is 17.7. The van der Waals surface area contributed by atoms with Crippen LogP contribution in [0.1, 0.15) is 18.0 Å². The summed E-state index contributed by atoms with van der Waals surface area (Å²) in [5.41, 5.74) is 1.69. The van der Waals surface area contributed by atoms with Crippen LogP contribution in [0.5, 0.6) is 0 Å². The molecule has 1 N–H and O–H groups in total. The molecule has 7 heteroatoms. The SMILES string of the molecule is O=C1CCN(C(c2c(F)ccc3ccccc23)C(F)(F)F)N1. The summed E-state index contributed by atoms with van der Waals surface area (Å²) in [5, 5.41) is 1.46. The number of nitrogens with zero attached hydrogens (tertiary/aromatic N) is 1. The van der Waals surface area contributed by atoms with Gasteiger partial charge in [0.25, 0.3) is 0 Å². The van der Waals surface area contributed by atoms with Crippen LogP contribution in [0.25, 0.3) is 10.8 Å². The monoisotopic (exact) mass is 312 g/mol. The third kappa shape index (κ3) is 2.52. The van der Waals surface area contributed by atoms with Gasteiger partial charge in [0.15, 0.2) is 6.04 Å². The van der Waals surface area contributed by atoms with Crippen molar-refractivity contribution in [3.8, 4) is 0 Å². The van der Waals surface area contributed by atoms with Crippen LogP contribution in [0.4, 0.5) is 17.6 Å². The molecular formula is C15H12F4N2O. The average Bonchev–Trinajstić information content (AvgIpc) is 2.86. The van der Waals surface area contributed by atoms with E-state index in [0.29, 0.717) is 5.39 Å². The van der Waals surface area contributed by atoms with Crippen molar-refractivity contribution in [1.82, 2.24) is 10.4 Å². The highest BCUT2D eigenvalue weighted by molar-refractivity contribution is 5.86. The highest BCUT2D eigenvalue weighted by Crippen LogP contribution is 2.41. The van der Waals surface area contributed by atoms with Gasteiger partial charge in [-0.05, 0) is 16.8 Å². The summed E-state index contributed by atoms with van der Waals surface area (Å²) in [7, 11) is 0. The Morgan fingerprint density at radius 2 is 1.86 bits per heavy atom. The van der Waals surface area contributed by atoms with E-state index in [-0.39, 0.29) is 18.4 Å². The van der Waals surface area contributed by atoms with Crippen molar-refractivity contribution < 1.29 is 22.4 Å². The van der Waals surface area contributed by atoms with Gasteiger partial charge in [-0.15, -0.1) is 0 Å². The zero-order chi connectivity index (χ0) is 15.9. The summed E-state index contributed by atoms with van der Waals surface area (Å²) in [6.07, 6.45) is -4.76. The summed E-state index contributed by atoms with van der Waals surface area (Å²) in [6.45, 7) is -0.119. The minimum Gasteiger partial charge on any atom is -0.288 e. The van der Waals surface area contributed by atoms with Crippen LogP contribution in [0.3, 0.4) is 0 Å². The molecular weight excluding hydrogens is 300 g/mol.